The third kappa shape index (κ3) is 4.68. The van der Waals surface area contributed by atoms with Crippen molar-refractivity contribution in [1.29, 1.82) is 0 Å². The van der Waals surface area contributed by atoms with Gasteiger partial charge in [0.2, 0.25) is 0 Å². The summed E-state index contributed by atoms with van der Waals surface area (Å²) < 4.78 is 16.0. The maximum absolute atomic E-state index is 13.6. The first kappa shape index (κ1) is 23.2. The van der Waals surface area contributed by atoms with Crippen molar-refractivity contribution in [1.82, 2.24) is 20.2 Å². The molecule has 2 amide bonds. The lowest BCUT2D eigenvalue weighted by molar-refractivity contribution is -0.142. The summed E-state index contributed by atoms with van der Waals surface area (Å²) in [5, 5.41) is 2.88. The zero-order valence-electron chi connectivity index (χ0n) is 19.4. The third-order valence-electron chi connectivity index (χ3n) is 5.98. The van der Waals surface area contributed by atoms with Gasteiger partial charge in [0.1, 0.15) is 23.6 Å². The van der Waals surface area contributed by atoms with Gasteiger partial charge in [0.15, 0.2) is 0 Å². The van der Waals surface area contributed by atoms with Crippen molar-refractivity contribution in [3.05, 3.63) is 77.4 Å². The molecule has 1 aliphatic heterocycles. The van der Waals surface area contributed by atoms with Crippen molar-refractivity contribution >= 4 is 12.0 Å². The molecule has 0 unspecified atom stereocenters. The second kappa shape index (κ2) is 10.3. The normalized spacial score (nSPS) is 15.7. The number of esters is 1. The van der Waals surface area contributed by atoms with Crippen LogP contribution in [0.25, 0.3) is 0 Å². The average molecular weight is 465 g/mol. The number of nitrogens with one attached hydrogen (secondary N) is 2. The Morgan fingerprint density at radius 3 is 2.65 bits per heavy atom. The van der Waals surface area contributed by atoms with Gasteiger partial charge in [0, 0.05) is 30.6 Å². The summed E-state index contributed by atoms with van der Waals surface area (Å²) in [5.41, 5.74) is 3.33. The fourth-order valence-corrected chi connectivity index (χ4v) is 4.28. The third-order valence-corrected chi connectivity index (χ3v) is 5.98. The van der Waals surface area contributed by atoms with Crippen LogP contribution < -0.4 is 14.8 Å². The molecule has 3 aromatic rings. The molecule has 1 aromatic heterocycles. The summed E-state index contributed by atoms with van der Waals surface area (Å²) in [7, 11) is 4.48. The van der Waals surface area contributed by atoms with Crippen molar-refractivity contribution in [3.63, 3.8) is 0 Å². The molecule has 0 radical (unpaired) electrons. The number of hydrogen-bond acceptors (Lipinski definition) is 6. The predicted molar refractivity (Wildman–Crippen MR) is 125 cm³/mol. The highest BCUT2D eigenvalue weighted by Crippen LogP contribution is 2.39. The number of methoxy groups -OCH3 is 3. The van der Waals surface area contributed by atoms with Crippen LogP contribution in [0.1, 0.15) is 28.6 Å². The molecule has 0 saturated heterocycles. The Labute approximate surface area is 198 Å². The van der Waals surface area contributed by atoms with E-state index in [9.17, 15) is 9.59 Å². The van der Waals surface area contributed by atoms with Crippen molar-refractivity contribution in [2.75, 3.05) is 27.9 Å². The maximum Gasteiger partial charge on any atom is 0.328 e. The van der Waals surface area contributed by atoms with Crippen LogP contribution in [0.4, 0.5) is 4.79 Å². The molecule has 2 heterocycles. The van der Waals surface area contributed by atoms with E-state index in [0.29, 0.717) is 30.9 Å². The molecule has 0 saturated carbocycles. The van der Waals surface area contributed by atoms with Crippen molar-refractivity contribution in [2.24, 2.45) is 0 Å². The van der Waals surface area contributed by atoms with Gasteiger partial charge in [-0.2, -0.15) is 0 Å². The van der Waals surface area contributed by atoms with Gasteiger partial charge < -0.3 is 29.4 Å². The maximum atomic E-state index is 13.6. The predicted octanol–water partition coefficient (Wildman–Crippen LogP) is 2.87. The van der Waals surface area contributed by atoms with E-state index in [1.54, 1.807) is 37.6 Å². The van der Waals surface area contributed by atoms with Crippen LogP contribution in [0.2, 0.25) is 0 Å². The largest absolute Gasteiger partial charge is 0.497 e. The molecule has 4 rings (SSSR count). The van der Waals surface area contributed by atoms with Crippen LogP contribution in [0.5, 0.6) is 11.5 Å². The van der Waals surface area contributed by atoms with E-state index in [0.717, 1.165) is 22.5 Å². The molecule has 34 heavy (non-hydrogen) atoms. The monoisotopic (exact) mass is 464 g/mol. The number of aromatic amines is 1. The van der Waals surface area contributed by atoms with Gasteiger partial charge in [-0.15, -0.1) is 0 Å². The molecular formula is C25H28N4O5. The average Bonchev–Trinajstić information content (AvgIpc) is 3.36. The van der Waals surface area contributed by atoms with Crippen LogP contribution in [0.15, 0.2) is 54.9 Å². The number of imidazole rings is 1. The Balaban J connectivity index is 1.67. The summed E-state index contributed by atoms with van der Waals surface area (Å²) in [6.07, 6.45) is 2.54. The second-order valence-corrected chi connectivity index (χ2v) is 7.94. The summed E-state index contributed by atoms with van der Waals surface area (Å²) >= 11 is 0. The van der Waals surface area contributed by atoms with Crippen LogP contribution >= 0.6 is 0 Å². The minimum absolute atomic E-state index is 0.313. The van der Waals surface area contributed by atoms with Gasteiger partial charge in [-0.3, -0.25) is 0 Å². The van der Waals surface area contributed by atoms with E-state index in [-0.39, 0.29) is 0 Å². The number of rotatable bonds is 7. The Hall–Kier alpha value is -4.01. The number of amides is 2. The smallest absolute Gasteiger partial charge is 0.328 e. The number of carbonyl (C=O) groups is 2. The number of H-pyrrole nitrogens is 1. The first-order valence-corrected chi connectivity index (χ1v) is 11.0. The molecule has 178 valence electrons. The zero-order chi connectivity index (χ0) is 24.1. The molecule has 0 fully saturated rings. The van der Waals surface area contributed by atoms with Gasteiger partial charge in [-0.05, 0) is 23.8 Å². The molecule has 2 aromatic carbocycles. The molecule has 2 N–H and O–H groups in total. The Kier molecular flexibility index (Phi) is 7.01. The van der Waals surface area contributed by atoms with E-state index in [2.05, 4.69) is 15.3 Å². The standard InChI is InChI=1S/C25H28N4O5/c1-32-17-9-10-21(33-2)18(14-17)23-22-19(26-15-27-22)11-12-29(23)25(31)28-20(24(30)34-3)13-16-7-5-4-6-8-16/h4-10,14-15,20,23H,11-13H2,1-3H3,(H,26,27)(H,28,31)/t20-,23-/m1/s1. The molecule has 1 aliphatic rings. The Bertz CT molecular complexity index is 1150. The molecule has 2 atom stereocenters. The van der Waals surface area contributed by atoms with E-state index in [1.807, 2.05) is 36.4 Å². The van der Waals surface area contributed by atoms with Crippen LogP contribution in [0.3, 0.4) is 0 Å². The number of carbonyl (C=O) groups excluding carboxylic acids is 2. The van der Waals surface area contributed by atoms with Crippen LogP contribution in [-0.2, 0) is 22.4 Å². The zero-order valence-corrected chi connectivity index (χ0v) is 19.4. The number of fused-ring (bicyclic) bond motifs is 1. The number of ether oxygens (including phenoxy) is 3. The highest BCUT2D eigenvalue weighted by atomic mass is 16.5. The molecule has 0 aliphatic carbocycles. The van der Waals surface area contributed by atoms with Gasteiger partial charge in [-0.25, -0.2) is 14.6 Å². The van der Waals surface area contributed by atoms with E-state index in [1.165, 1.54) is 7.11 Å². The summed E-state index contributed by atoms with van der Waals surface area (Å²) in [6.45, 7) is 0.422. The Morgan fingerprint density at radius 2 is 1.94 bits per heavy atom. The number of nitrogens with zero attached hydrogens (tertiary/aromatic N) is 2. The highest BCUT2D eigenvalue weighted by Gasteiger charge is 2.37. The summed E-state index contributed by atoms with van der Waals surface area (Å²) in [5.74, 6) is 0.730. The lowest BCUT2D eigenvalue weighted by Crippen LogP contribution is -2.52. The minimum atomic E-state index is -0.840. The van der Waals surface area contributed by atoms with Crippen molar-refractivity contribution in [2.45, 2.75) is 24.9 Å². The number of urea groups is 1. The van der Waals surface area contributed by atoms with Crippen molar-refractivity contribution < 1.29 is 23.8 Å². The summed E-state index contributed by atoms with van der Waals surface area (Å²) in [6, 6.07) is 13.2. The first-order chi connectivity index (χ1) is 16.5. The second-order valence-electron chi connectivity index (χ2n) is 7.94. The van der Waals surface area contributed by atoms with E-state index < -0.39 is 24.1 Å². The van der Waals surface area contributed by atoms with Crippen LogP contribution in [0, 0.1) is 0 Å². The minimum Gasteiger partial charge on any atom is -0.497 e. The topological polar surface area (TPSA) is 106 Å². The quantitative estimate of drug-likeness (QED) is 0.521. The molecule has 0 spiro atoms. The molecular weight excluding hydrogens is 436 g/mol. The number of benzene rings is 2. The van der Waals surface area contributed by atoms with Crippen molar-refractivity contribution in [3.8, 4) is 11.5 Å². The van der Waals surface area contributed by atoms with E-state index in [4.69, 9.17) is 14.2 Å². The van der Waals surface area contributed by atoms with Gasteiger partial charge in [-0.1, -0.05) is 30.3 Å². The first-order valence-electron chi connectivity index (χ1n) is 11.0. The van der Waals surface area contributed by atoms with Crippen LogP contribution in [-0.4, -0.2) is 60.8 Å². The number of hydrogen-bond donors (Lipinski definition) is 2. The molecule has 9 heteroatoms. The fourth-order valence-electron chi connectivity index (χ4n) is 4.28. The Morgan fingerprint density at radius 1 is 1.15 bits per heavy atom. The lowest BCUT2D eigenvalue weighted by Gasteiger charge is -2.36. The lowest BCUT2D eigenvalue weighted by atomic mass is 9.94. The van der Waals surface area contributed by atoms with Gasteiger partial charge in [0.25, 0.3) is 0 Å². The SMILES string of the molecule is COC(=O)[C@@H](Cc1ccccc1)NC(=O)N1CCc2[nH]cnc2[C@H]1c1cc(OC)ccc1OC. The highest BCUT2D eigenvalue weighted by molar-refractivity contribution is 5.84. The van der Waals surface area contributed by atoms with Gasteiger partial charge >= 0.3 is 12.0 Å². The van der Waals surface area contributed by atoms with E-state index >= 15 is 0 Å². The molecule has 0 bridgehead atoms. The summed E-state index contributed by atoms with van der Waals surface area (Å²) in [4.78, 5) is 35.5. The number of aromatic nitrogens is 2. The fraction of sp³-hybridized carbons (Fsp3) is 0.320. The molecule has 9 nitrogen and oxygen atoms in total. The van der Waals surface area contributed by atoms with Gasteiger partial charge in [0.05, 0.1) is 33.4 Å².